The quantitative estimate of drug-likeness (QED) is 0.283. The number of anilines is 1. The molecule has 43 heavy (non-hydrogen) atoms. The first-order valence-electron chi connectivity index (χ1n) is 15.7. The summed E-state index contributed by atoms with van der Waals surface area (Å²) in [4.78, 5) is 14.7. The summed E-state index contributed by atoms with van der Waals surface area (Å²) < 4.78 is 7.39. The van der Waals surface area contributed by atoms with Gasteiger partial charge in [-0.3, -0.25) is 9.88 Å². The van der Waals surface area contributed by atoms with Crippen LogP contribution in [0.5, 0.6) is 0 Å². The van der Waals surface area contributed by atoms with E-state index in [1.807, 2.05) is 10.7 Å². The Kier molecular flexibility index (Phi) is 6.54. The van der Waals surface area contributed by atoms with Crippen molar-refractivity contribution in [1.29, 1.82) is 5.26 Å². The third-order valence-corrected chi connectivity index (χ3v) is 10.1. The van der Waals surface area contributed by atoms with Crippen LogP contribution >= 0.6 is 0 Å². The fraction of sp³-hybridized carbons (Fsp3) is 0.429. The number of aryl methyl sites for hydroxylation is 1. The molecule has 2 atom stereocenters. The van der Waals surface area contributed by atoms with Gasteiger partial charge in [0.25, 0.3) is 0 Å². The molecule has 4 aliphatic heterocycles. The van der Waals surface area contributed by atoms with E-state index in [1.54, 1.807) is 6.20 Å². The first-order valence-corrected chi connectivity index (χ1v) is 15.7. The molecule has 4 saturated heterocycles. The van der Waals surface area contributed by atoms with Crippen molar-refractivity contribution in [3.05, 3.63) is 83.6 Å². The number of fused-ring (bicyclic) bond motifs is 3. The van der Waals surface area contributed by atoms with Crippen LogP contribution in [0.1, 0.15) is 61.4 Å². The number of allylic oxidation sites excluding steroid dienone is 2. The predicted molar refractivity (Wildman–Crippen MR) is 166 cm³/mol. The van der Waals surface area contributed by atoms with Gasteiger partial charge < -0.3 is 9.64 Å². The minimum atomic E-state index is 0.346. The maximum Gasteiger partial charge on any atom is 0.128 e. The minimum Gasteiger partial charge on any atom is -0.380 e. The van der Waals surface area contributed by atoms with E-state index in [1.165, 1.54) is 28.8 Å². The number of piperazine rings is 1. The molecule has 218 valence electrons. The van der Waals surface area contributed by atoms with Crippen molar-refractivity contribution in [2.24, 2.45) is 5.41 Å². The monoisotopic (exact) mass is 571 g/mol. The van der Waals surface area contributed by atoms with E-state index in [0.29, 0.717) is 23.1 Å². The Balaban J connectivity index is 1.01. The minimum absolute atomic E-state index is 0.346. The SMILES string of the molecule is CCCc1ccc(CN2C3CC2CN(c2ccc(-c4cc(C5=CCC6(CC5)COC6)cn5ncc(C#N)c45)cn2)C3)cn1. The number of hydrogen-bond acceptors (Lipinski definition) is 7. The highest BCUT2D eigenvalue weighted by atomic mass is 16.5. The van der Waals surface area contributed by atoms with Gasteiger partial charge in [0.1, 0.15) is 11.9 Å². The molecule has 0 aromatic carbocycles. The van der Waals surface area contributed by atoms with Gasteiger partial charge in [-0.05, 0) is 73.1 Å². The van der Waals surface area contributed by atoms with Crippen molar-refractivity contribution >= 4 is 16.9 Å². The highest BCUT2D eigenvalue weighted by Crippen LogP contribution is 2.44. The molecule has 8 nitrogen and oxygen atoms in total. The van der Waals surface area contributed by atoms with Crippen LogP contribution in [-0.2, 0) is 17.7 Å². The predicted octanol–water partition coefficient (Wildman–Crippen LogP) is 5.66. The maximum absolute atomic E-state index is 9.84. The summed E-state index contributed by atoms with van der Waals surface area (Å²) in [6.07, 6.45) is 16.8. The van der Waals surface area contributed by atoms with Gasteiger partial charge in [-0.1, -0.05) is 25.5 Å². The largest absolute Gasteiger partial charge is 0.380 e. The number of rotatable bonds is 7. The Morgan fingerprint density at radius 1 is 1.05 bits per heavy atom. The molecule has 0 N–H and O–H groups in total. The van der Waals surface area contributed by atoms with E-state index >= 15 is 0 Å². The molecule has 4 aromatic heterocycles. The molecule has 9 rings (SSSR count). The molecule has 4 aromatic rings. The van der Waals surface area contributed by atoms with Crippen LogP contribution < -0.4 is 4.90 Å². The number of ether oxygens (including phenoxy) is 1. The number of pyridine rings is 3. The Morgan fingerprint density at radius 2 is 1.93 bits per heavy atom. The molecule has 0 radical (unpaired) electrons. The average molecular weight is 572 g/mol. The molecule has 5 aliphatic rings. The maximum atomic E-state index is 9.84. The smallest absolute Gasteiger partial charge is 0.128 e. The second-order valence-corrected chi connectivity index (χ2v) is 13.0. The molecule has 2 unspecified atom stereocenters. The van der Waals surface area contributed by atoms with Gasteiger partial charge in [0, 0.05) is 72.5 Å². The van der Waals surface area contributed by atoms with Crippen LogP contribution in [0.15, 0.2) is 61.2 Å². The van der Waals surface area contributed by atoms with Crippen molar-refractivity contribution in [2.75, 3.05) is 31.2 Å². The van der Waals surface area contributed by atoms with Crippen molar-refractivity contribution < 1.29 is 4.74 Å². The number of nitriles is 1. The number of hydrogen-bond donors (Lipinski definition) is 0. The molecule has 8 heterocycles. The van der Waals surface area contributed by atoms with Crippen LogP contribution in [0.25, 0.3) is 22.2 Å². The summed E-state index contributed by atoms with van der Waals surface area (Å²) >= 11 is 0. The standard InChI is InChI=1S/C35H37N7O/c1-2-3-29-6-4-24(15-37-29)18-41-30-13-31(41)21-40(20-30)33-7-5-26(16-38-33)32-12-27(19-42-34(32)28(14-36)17-39-42)25-8-10-35(11-9-25)22-43-23-35/h4-8,12,15-17,19,30-31H,2-3,9-11,13,18,20-23H2,1H3. The summed E-state index contributed by atoms with van der Waals surface area (Å²) in [5.74, 6) is 1.02. The summed E-state index contributed by atoms with van der Waals surface area (Å²) in [6, 6.07) is 14.4. The van der Waals surface area contributed by atoms with Gasteiger partial charge >= 0.3 is 0 Å². The molecule has 8 heteroatoms. The van der Waals surface area contributed by atoms with Crippen LogP contribution in [0.3, 0.4) is 0 Å². The number of piperidine rings is 1. The molecule has 0 amide bonds. The van der Waals surface area contributed by atoms with Crippen molar-refractivity contribution in [3.63, 3.8) is 0 Å². The van der Waals surface area contributed by atoms with Crippen LogP contribution in [0.2, 0.25) is 0 Å². The summed E-state index contributed by atoms with van der Waals surface area (Å²) in [5.41, 5.74) is 8.79. The second kappa shape index (κ2) is 10.6. The summed E-state index contributed by atoms with van der Waals surface area (Å²) in [5, 5.41) is 14.4. The molecular weight excluding hydrogens is 534 g/mol. The topological polar surface area (TPSA) is 82.6 Å². The third-order valence-electron chi connectivity index (χ3n) is 10.1. The normalized spacial score (nSPS) is 22.6. The molecule has 1 spiro atoms. The van der Waals surface area contributed by atoms with Crippen LogP contribution in [-0.4, -0.2) is 62.9 Å². The zero-order chi connectivity index (χ0) is 29.0. The zero-order valence-electron chi connectivity index (χ0n) is 24.7. The lowest BCUT2D eigenvalue weighted by Crippen LogP contribution is -2.68. The summed E-state index contributed by atoms with van der Waals surface area (Å²) in [7, 11) is 0. The first-order chi connectivity index (χ1) is 21.1. The van der Waals surface area contributed by atoms with Gasteiger partial charge in [-0.15, -0.1) is 0 Å². The van der Waals surface area contributed by atoms with E-state index in [4.69, 9.17) is 9.72 Å². The Hall–Kier alpha value is -4.06. The Bertz CT molecular complexity index is 1720. The van der Waals surface area contributed by atoms with Crippen LogP contribution in [0, 0.1) is 16.7 Å². The van der Waals surface area contributed by atoms with Crippen molar-refractivity contribution in [2.45, 2.75) is 64.1 Å². The van der Waals surface area contributed by atoms with Gasteiger partial charge in [0.05, 0.1) is 30.5 Å². The highest BCUT2D eigenvalue weighted by Gasteiger charge is 2.44. The van der Waals surface area contributed by atoms with E-state index in [-0.39, 0.29) is 0 Å². The van der Waals surface area contributed by atoms with Gasteiger partial charge in [0.2, 0.25) is 0 Å². The van der Waals surface area contributed by atoms with E-state index in [9.17, 15) is 5.26 Å². The zero-order valence-corrected chi connectivity index (χ0v) is 24.7. The molecule has 1 aliphatic carbocycles. The van der Waals surface area contributed by atoms with Crippen molar-refractivity contribution in [3.8, 4) is 17.2 Å². The lowest BCUT2D eigenvalue weighted by Gasteiger charge is -2.56. The lowest BCUT2D eigenvalue weighted by molar-refractivity contribution is -0.116. The first kappa shape index (κ1) is 26.6. The van der Waals surface area contributed by atoms with Crippen molar-refractivity contribution in [1.82, 2.24) is 24.5 Å². The Labute approximate surface area is 252 Å². The van der Waals surface area contributed by atoms with Gasteiger partial charge in [-0.25, -0.2) is 9.50 Å². The highest BCUT2D eigenvalue weighted by molar-refractivity contribution is 5.87. The molecule has 0 saturated carbocycles. The third kappa shape index (κ3) is 4.72. The Morgan fingerprint density at radius 3 is 2.58 bits per heavy atom. The lowest BCUT2D eigenvalue weighted by atomic mass is 9.72. The number of aromatic nitrogens is 4. The van der Waals surface area contributed by atoms with Crippen LogP contribution in [0.4, 0.5) is 5.82 Å². The van der Waals surface area contributed by atoms with E-state index in [0.717, 1.165) is 87.4 Å². The molecule has 4 fully saturated rings. The van der Waals surface area contributed by atoms with E-state index in [2.05, 4.69) is 81.7 Å². The second-order valence-electron chi connectivity index (χ2n) is 13.0. The molecule has 2 bridgehead atoms. The fourth-order valence-electron chi connectivity index (χ4n) is 7.49. The fourth-order valence-corrected chi connectivity index (χ4v) is 7.49. The molecular formula is C35H37N7O. The number of nitrogens with zero attached hydrogens (tertiary/aromatic N) is 7. The van der Waals surface area contributed by atoms with Gasteiger partial charge in [0.15, 0.2) is 0 Å². The average Bonchev–Trinajstić information content (AvgIpc) is 3.47. The van der Waals surface area contributed by atoms with Gasteiger partial charge in [-0.2, -0.15) is 10.4 Å². The van der Waals surface area contributed by atoms with E-state index < -0.39 is 0 Å². The summed E-state index contributed by atoms with van der Waals surface area (Å²) in [6.45, 7) is 6.91.